The van der Waals surface area contributed by atoms with Gasteiger partial charge in [0.15, 0.2) is 6.20 Å². The van der Waals surface area contributed by atoms with E-state index in [0.717, 1.165) is 27.9 Å². The minimum atomic E-state index is -0.0536. The molecule has 0 unspecified atom stereocenters. The van der Waals surface area contributed by atoms with Crippen LogP contribution in [0.1, 0.15) is 17.0 Å². The summed E-state index contributed by atoms with van der Waals surface area (Å²) in [5, 5.41) is 4.02. The first-order valence-corrected chi connectivity index (χ1v) is 9.20. The number of aryl methyl sites for hydroxylation is 1. The molecule has 0 saturated carbocycles. The van der Waals surface area contributed by atoms with E-state index in [1.807, 2.05) is 66.5 Å². The first-order chi connectivity index (χ1) is 13.7. The zero-order valence-corrected chi connectivity index (χ0v) is 15.7. The van der Waals surface area contributed by atoms with Crippen LogP contribution in [0.25, 0.3) is 23.1 Å². The second-order valence-electron chi connectivity index (χ2n) is 6.66. The average Bonchev–Trinajstić information content (AvgIpc) is 3.34. The fourth-order valence-electron chi connectivity index (χ4n) is 3.23. The number of hydrogen-bond donors (Lipinski definition) is 1. The van der Waals surface area contributed by atoms with Gasteiger partial charge in [-0.15, -0.1) is 0 Å². The molecule has 5 heteroatoms. The highest BCUT2D eigenvalue weighted by Gasteiger charge is 2.10. The van der Waals surface area contributed by atoms with Crippen molar-refractivity contribution >= 4 is 29.0 Å². The van der Waals surface area contributed by atoms with Crippen LogP contribution in [-0.2, 0) is 24.9 Å². The normalized spacial score (nSPS) is 11.3. The predicted octanol–water partition coefficient (Wildman–Crippen LogP) is 3.55. The first-order valence-electron chi connectivity index (χ1n) is 9.20. The molecule has 0 saturated heterocycles. The van der Waals surface area contributed by atoms with Crippen molar-refractivity contribution in [3.05, 3.63) is 90.3 Å². The smallest absolute Gasteiger partial charge is 0.240 e. The third-order valence-corrected chi connectivity index (χ3v) is 4.70. The number of rotatable bonds is 6. The lowest BCUT2D eigenvalue weighted by molar-refractivity contribution is -0.673. The number of amides is 1. The zero-order valence-electron chi connectivity index (χ0n) is 15.7. The highest BCUT2D eigenvalue weighted by molar-refractivity contribution is 5.92. The SMILES string of the molecule is C[n+]1ccccc1/C=C/c1cn(CC(=O)NCc2ccco2)c2ccccc12. The zero-order chi connectivity index (χ0) is 19.3. The molecule has 0 radical (unpaired) electrons. The van der Waals surface area contributed by atoms with Crippen LogP contribution in [0.4, 0.5) is 0 Å². The Labute approximate surface area is 163 Å². The van der Waals surface area contributed by atoms with Gasteiger partial charge in [-0.25, -0.2) is 4.57 Å². The molecule has 3 aromatic heterocycles. The molecule has 0 atom stereocenters. The molecule has 5 nitrogen and oxygen atoms in total. The van der Waals surface area contributed by atoms with E-state index in [1.54, 1.807) is 6.26 Å². The molecule has 4 rings (SSSR count). The molecular weight excluding hydrogens is 350 g/mol. The summed E-state index contributed by atoms with van der Waals surface area (Å²) < 4.78 is 9.31. The van der Waals surface area contributed by atoms with E-state index in [2.05, 4.69) is 34.2 Å². The van der Waals surface area contributed by atoms with Gasteiger partial charge in [-0.2, -0.15) is 0 Å². The third kappa shape index (κ3) is 3.88. The van der Waals surface area contributed by atoms with E-state index in [-0.39, 0.29) is 12.5 Å². The number of benzene rings is 1. The average molecular weight is 372 g/mol. The van der Waals surface area contributed by atoms with Crippen molar-refractivity contribution in [3.63, 3.8) is 0 Å². The van der Waals surface area contributed by atoms with Gasteiger partial charge in [0, 0.05) is 40.9 Å². The fraction of sp³-hybridized carbons (Fsp3) is 0.130. The summed E-state index contributed by atoms with van der Waals surface area (Å²) in [5.74, 6) is 0.687. The molecule has 28 heavy (non-hydrogen) atoms. The van der Waals surface area contributed by atoms with Crippen LogP contribution < -0.4 is 9.88 Å². The molecule has 0 spiro atoms. The molecule has 0 fully saturated rings. The third-order valence-electron chi connectivity index (χ3n) is 4.70. The Balaban J connectivity index is 1.56. The number of carbonyl (C=O) groups excluding carboxylic acids is 1. The van der Waals surface area contributed by atoms with Gasteiger partial charge >= 0.3 is 0 Å². The van der Waals surface area contributed by atoms with Crippen LogP contribution in [0.5, 0.6) is 0 Å². The second kappa shape index (κ2) is 7.96. The van der Waals surface area contributed by atoms with Crippen molar-refractivity contribution in [2.75, 3.05) is 0 Å². The lowest BCUT2D eigenvalue weighted by Crippen LogP contribution is -2.30. The summed E-state index contributed by atoms with van der Waals surface area (Å²) in [5.41, 5.74) is 3.22. The number of aromatic nitrogens is 2. The van der Waals surface area contributed by atoms with Gasteiger partial charge in [-0.3, -0.25) is 4.79 Å². The summed E-state index contributed by atoms with van der Waals surface area (Å²) in [6.07, 6.45) is 9.83. The molecule has 0 bridgehead atoms. The van der Waals surface area contributed by atoms with Gasteiger partial charge < -0.3 is 14.3 Å². The summed E-state index contributed by atoms with van der Waals surface area (Å²) in [4.78, 5) is 12.4. The molecule has 1 amide bonds. The Morgan fingerprint density at radius 2 is 1.96 bits per heavy atom. The number of pyridine rings is 1. The van der Waals surface area contributed by atoms with Crippen LogP contribution >= 0.6 is 0 Å². The van der Waals surface area contributed by atoms with Crippen LogP contribution in [0, 0.1) is 0 Å². The number of fused-ring (bicyclic) bond motifs is 1. The monoisotopic (exact) mass is 372 g/mol. The lowest BCUT2D eigenvalue weighted by atomic mass is 10.1. The van der Waals surface area contributed by atoms with E-state index in [0.29, 0.717) is 6.54 Å². The van der Waals surface area contributed by atoms with E-state index >= 15 is 0 Å². The molecule has 0 aliphatic carbocycles. The minimum absolute atomic E-state index is 0.0536. The maximum Gasteiger partial charge on any atom is 0.240 e. The molecule has 140 valence electrons. The van der Waals surface area contributed by atoms with Crippen LogP contribution in [0.15, 0.2) is 77.7 Å². The second-order valence-corrected chi connectivity index (χ2v) is 6.66. The minimum Gasteiger partial charge on any atom is -0.467 e. The van der Waals surface area contributed by atoms with Gasteiger partial charge in [0.25, 0.3) is 0 Å². The Morgan fingerprint density at radius 3 is 2.79 bits per heavy atom. The summed E-state index contributed by atoms with van der Waals surface area (Å²) in [6, 6.07) is 17.9. The van der Waals surface area contributed by atoms with Crippen molar-refractivity contribution in [3.8, 4) is 0 Å². The number of furan rings is 1. The number of nitrogens with zero attached hydrogens (tertiary/aromatic N) is 2. The Bertz CT molecular complexity index is 1120. The summed E-state index contributed by atoms with van der Waals surface area (Å²) >= 11 is 0. The van der Waals surface area contributed by atoms with E-state index in [1.165, 1.54) is 0 Å². The van der Waals surface area contributed by atoms with Crippen molar-refractivity contribution in [2.45, 2.75) is 13.1 Å². The number of hydrogen-bond acceptors (Lipinski definition) is 2. The molecule has 3 heterocycles. The molecule has 1 N–H and O–H groups in total. The van der Waals surface area contributed by atoms with Crippen molar-refractivity contribution < 1.29 is 13.8 Å². The Morgan fingerprint density at radius 1 is 1.11 bits per heavy atom. The summed E-state index contributed by atoms with van der Waals surface area (Å²) in [7, 11) is 2.02. The Kier molecular flexibility index (Phi) is 5.06. The molecular formula is C23H22N3O2+. The van der Waals surface area contributed by atoms with Crippen molar-refractivity contribution in [1.29, 1.82) is 0 Å². The maximum absolute atomic E-state index is 12.4. The van der Waals surface area contributed by atoms with Crippen LogP contribution in [0.3, 0.4) is 0 Å². The van der Waals surface area contributed by atoms with Gasteiger partial charge in [-0.05, 0) is 30.3 Å². The van der Waals surface area contributed by atoms with Gasteiger partial charge in [0.1, 0.15) is 19.4 Å². The van der Waals surface area contributed by atoms with Gasteiger partial charge in [0.05, 0.1) is 12.8 Å². The molecule has 0 aliphatic rings. The van der Waals surface area contributed by atoms with Crippen LogP contribution in [0.2, 0.25) is 0 Å². The first kappa shape index (κ1) is 17.8. The van der Waals surface area contributed by atoms with Crippen molar-refractivity contribution in [1.82, 2.24) is 9.88 Å². The van der Waals surface area contributed by atoms with E-state index in [9.17, 15) is 4.79 Å². The molecule has 0 aliphatic heterocycles. The maximum atomic E-state index is 12.4. The van der Waals surface area contributed by atoms with Crippen molar-refractivity contribution in [2.24, 2.45) is 7.05 Å². The number of para-hydroxylation sites is 1. The molecule has 4 aromatic rings. The highest BCUT2D eigenvalue weighted by Crippen LogP contribution is 2.23. The predicted molar refractivity (Wildman–Crippen MR) is 109 cm³/mol. The Hall–Kier alpha value is -3.60. The van der Waals surface area contributed by atoms with Gasteiger partial charge in [-0.1, -0.05) is 18.2 Å². The molecule has 1 aromatic carbocycles. The van der Waals surface area contributed by atoms with E-state index < -0.39 is 0 Å². The van der Waals surface area contributed by atoms with E-state index in [4.69, 9.17) is 4.42 Å². The van der Waals surface area contributed by atoms with Gasteiger partial charge in [0.2, 0.25) is 11.6 Å². The number of carbonyl (C=O) groups is 1. The lowest BCUT2D eigenvalue weighted by Gasteiger charge is -2.06. The van der Waals surface area contributed by atoms with Crippen LogP contribution in [-0.4, -0.2) is 10.5 Å². The largest absolute Gasteiger partial charge is 0.467 e. The topological polar surface area (TPSA) is 51.0 Å². The standard InChI is InChI=1S/C23H21N3O2/c1-25-13-5-4-7-19(25)12-11-18-16-26(22-10-3-2-9-21(18)22)17-23(27)24-15-20-8-6-14-28-20/h2-14,16H,15,17H2,1H3/p+1. The number of nitrogens with one attached hydrogen (secondary N) is 1. The fourth-order valence-corrected chi connectivity index (χ4v) is 3.23. The summed E-state index contributed by atoms with van der Waals surface area (Å²) in [6.45, 7) is 0.649. The highest BCUT2D eigenvalue weighted by atomic mass is 16.3. The quantitative estimate of drug-likeness (QED) is 0.526.